The summed E-state index contributed by atoms with van der Waals surface area (Å²) in [7, 11) is 1.69. The van der Waals surface area contributed by atoms with E-state index in [0.717, 1.165) is 11.3 Å². The standard InChI is InChI=1S/C21H15N5O2/c1-26-15-10-6-5-9-13(15)21(20(26)27)14(11-22)18(23)28-19-16(21)17(24-25-19)12-7-3-2-4-8-12/h2-10H,23H2,1H3,(H,24,25). The number of aromatic nitrogens is 2. The fourth-order valence-corrected chi connectivity index (χ4v) is 4.21. The number of anilines is 1. The predicted molar refractivity (Wildman–Crippen MR) is 102 cm³/mol. The van der Waals surface area contributed by atoms with Crippen molar-refractivity contribution in [2.75, 3.05) is 11.9 Å². The van der Waals surface area contributed by atoms with Crippen LogP contribution in [0, 0.1) is 11.3 Å². The summed E-state index contributed by atoms with van der Waals surface area (Å²) in [6.07, 6.45) is 0. The summed E-state index contributed by atoms with van der Waals surface area (Å²) >= 11 is 0. The minimum Gasteiger partial charge on any atom is -0.420 e. The number of likely N-dealkylation sites (N-methyl/N-ethyl adjacent to an activating group) is 1. The van der Waals surface area contributed by atoms with Crippen molar-refractivity contribution in [3.05, 3.63) is 77.2 Å². The molecule has 0 saturated heterocycles. The molecule has 2 aliphatic heterocycles. The van der Waals surface area contributed by atoms with E-state index in [2.05, 4.69) is 16.3 Å². The van der Waals surface area contributed by atoms with Crippen LogP contribution in [0.4, 0.5) is 5.69 Å². The first kappa shape index (κ1) is 16.1. The molecule has 0 saturated carbocycles. The van der Waals surface area contributed by atoms with Crippen LogP contribution in [0.1, 0.15) is 11.1 Å². The average molecular weight is 369 g/mol. The number of para-hydroxylation sites is 1. The molecule has 1 spiro atoms. The van der Waals surface area contributed by atoms with Crippen LogP contribution in [0.3, 0.4) is 0 Å². The van der Waals surface area contributed by atoms with Crippen molar-refractivity contribution in [2.45, 2.75) is 5.41 Å². The molecule has 3 aromatic rings. The quantitative estimate of drug-likeness (QED) is 0.685. The third-order valence-electron chi connectivity index (χ3n) is 5.41. The Morgan fingerprint density at radius 1 is 1.18 bits per heavy atom. The third kappa shape index (κ3) is 1.76. The molecule has 2 aliphatic rings. The molecule has 0 aliphatic carbocycles. The van der Waals surface area contributed by atoms with Gasteiger partial charge in [-0.05, 0) is 6.07 Å². The highest BCUT2D eigenvalue weighted by Gasteiger charge is 2.60. The molecule has 3 heterocycles. The lowest BCUT2D eigenvalue weighted by atomic mass is 9.68. The molecule has 1 amide bonds. The van der Waals surface area contributed by atoms with Crippen molar-refractivity contribution in [2.24, 2.45) is 5.73 Å². The van der Waals surface area contributed by atoms with Gasteiger partial charge in [-0.1, -0.05) is 48.5 Å². The Bertz CT molecular complexity index is 1210. The number of fused-ring (bicyclic) bond motifs is 4. The molecule has 1 unspecified atom stereocenters. The van der Waals surface area contributed by atoms with Crippen molar-refractivity contribution >= 4 is 11.6 Å². The van der Waals surface area contributed by atoms with Crippen LogP contribution < -0.4 is 15.4 Å². The van der Waals surface area contributed by atoms with Crippen molar-refractivity contribution in [1.29, 1.82) is 5.26 Å². The minimum absolute atomic E-state index is 0.0698. The van der Waals surface area contributed by atoms with Crippen molar-refractivity contribution in [3.8, 4) is 23.2 Å². The van der Waals surface area contributed by atoms with Gasteiger partial charge in [0.1, 0.15) is 17.1 Å². The zero-order chi connectivity index (χ0) is 19.5. The number of carbonyl (C=O) groups excluding carboxylic acids is 1. The summed E-state index contributed by atoms with van der Waals surface area (Å²) in [6, 6.07) is 19.0. The van der Waals surface area contributed by atoms with E-state index in [4.69, 9.17) is 10.5 Å². The summed E-state index contributed by atoms with van der Waals surface area (Å²) < 4.78 is 5.64. The van der Waals surface area contributed by atoms with Crippen LogP contribution in [0.2, 0.25) is 0 Å². The van der Waals surface area contributed by atoms with Gasteiger partial charge in [-0.3, -0.25) is 9.89 Å². The molecule has 3 N–H and O–H groups in total. The predicted octanol–water partition coefficient (Wildman–Crippen LogP) is 2.43. The highest BCUT2D eigenvalue weighted by atomic mass is 16.5. The van der Waals surface area contributed by atoms with Gasteiger partial charge in [-0.25, -0.2) is 0 Å². The maximum absolute atomic E-state index is 13.7. The van der Waals surface area contributed by atoms with E-state index in [1.807, 2.05) is 54.6 Å². The molecule has 28 heavy (non-hydrogen) atoms. The molecule has 7 nitrogen and oxygen atoms in total. The fourth-order valence-electron chi connectivity index (χ4n) is 4.21. The maximum atomic E-state index is 13.7. The summed E-state index contributed by atoms with van der Waals surface area (Å²) in [4.78, 5) is 15.2. The summed E-state index contributed by atoms with van der Waals surface area (Å²) in [5, 5.41) is 17.2. The van der Waals surface area contributed by atoms with E-state index in [0.29, 0.717) is 16.8 Å². The van der Waals surface area contributed by atoms with E-state index in [-0.39, 0.29) is 23.2 Å². The first-order chi connectivity index (χ1) is 13.6. The molecule has 0 bridgehead atoms. The lowest BCUT2D eigenvalue weighted by Gasteiger charge is -2.32. The number of rotatable bonds is 1. The number of benzene rings is 2. The smallest absolute Gasteiger partial charge is 0.247 e. The van der Waals surface area contributed by atoms with Crippen LogP contribution in [0.5, 0.6) is 5.88 Å². The van der Waals surface area contributed by atoms with Gasteiger partial charge in [0.25, 0.3) is 0 Å². The Labute approximate surface area is 160 Å². The van der Waals surface area contributed by atoms with Gasteiger partial charge < -0.3 is 15.4 Å². The molecule has 5 rings (SSSR count). The molecule has 7 heteroatoms. The number of amides is 1. The number of nitrogens with two attached hydrogens (primary N) is 1. The molecule has 1 atom stereocenters. The minimum atomic E-state index is -1.41. The number of hydrogen-bond acceptors (Lipinski definition) is 5. The number of ether oxygens (including phenoxy) is 1. The Kier molecular flexibility index (Phi) is 3.16. The fraction of sp³-hybridized carbons (Fsp3) is 0.0952. The number of nitrogens with one attached hydrogen (secondary N) is 1. The number of H-pyrrole nitrogens is 1. The van der Waals surface area contributed by atoms with Crippen LogP contribution >= 0.6 is 0 Å². The highest BCUT2D eigenvalue weighted by Crippen LogP contribution is 2.56. The second-order valence-corrected chi connectivity index (χ2v) is 6.73. The van der Waals surface area contributed by atoms with E-state index >= 15 is 0 Å². The van der Waals surface area contributed by atoms with E-state index < -0.39 is 5.41 Å². The summed E-state index contributed by atoms with van der Waals surface area (Å²) in [5.74, 6) is -0.176. The Morgan fingerprint density at radius 2 is 1.89 bits per heavy atom. The van der Waals surface area contributed by atoms with Crippen molar-refractivity contribution in [3.63, 3.8) is 0 Å². The molecular weight excluding hydrogens is 354 g/mol. The van der Waals surface area contributed by atoms with Crippen LogP contribution in [-0.4, -0.2) is 23.2 Å². The number of aromatic amines is 1. The first-order valence-corrected chi connectivity index (χ1v) is 8.70. The largest absolute Gasteiger partial charge is 0.420 e. The summed E-state index contributed by atoms with van der Waals surface area (Å²) in [6.45, 7) is 0. The SMILES string of the molecule is CN1C(=O)C2(C(C#N)=C(N)Oc3n[nH]c(-c4ccccc4)c32)c2ccccc21. The van der Waals surface area contributed by atoms with Gasteiger partial charge in [0, 0.05) is 23.9 Å². The monoisotopic (exact) mass is 369 g/mol. The number of nitriles is 1. The van der Waals surface area contributed by atoms with Crippen LogP contribution in [-0.2, 0) is 10.2 Å². The maximum Gasteiger partial charge on any atom is 0.247 e. The number of carbonyl (C=O) groups is 1. The van der Waals surface area contributed by atoms with Crippen LogP contribution in [0.15, 0.2) is 66.1 Å². The lowest BCUT2D eigenvalue weighted by Crippen LogP contribution is -2.45. The van der Waals surface area contributed by atoms with Crippen LogP contribution in [0.25, 0.3) is 11.3 Å². The van der Waals surface area contributed by atoms with Gasteiger partial charge in [-0.2, -0.15) is 5.26 Å². The zero-order valence-corrected chi connectivity index (χ0v) is 14.9. The molecule has 2 aromatic carbocycles. The highest BCUT2D eigenvalue weighted by molar-refractivity contribution is 6.14. The Balaban J connectivity index is 1.93. The zero-order valence-electron chi connectivity index (χ0n) is 14.9. The third-order valence-corrected chi connectivity index (χ3v) is 5.41. The first-order valence-electron chi connectivity index (χ1n) is 8.70. The normalized spacial score (nSPS) is 20.0. The van der Waals surface area contributed by atoms with Gasteiger partial charge in [0.2, 0.25) is 17.7 Å². The second-order valence-electron chi connectivity index (χ2n) is 6.73. The second kappa shape index (κ2) is 5.47. The Morgan fingerprint density at radius 3 is 2.64 bits per heavy atom. The van der Waals surface area contributed by atoms with Gasteiger partial charge in [0.15, 0.2) is 0 Å². The van der Waals surface area contributed by atoms with Gasteiger partial charge in [0.05, 0.1) is 11.3 Å². The van der Waals surface area contributed by atoms with E-state index in [1.54, 1.807) is 11.9 Å². The van der Waals surface area contributed by atoms with E-state index in [1.165, 1.54) is 0 Å². The molecule has 1 aromatic heterocycles. The number of hydrogen-bond donors (Lipinski definition) is 2. The van der Waals surface area contributed by atoms with E-state index in [9.17, 15) is 10.1 Å². The topological polar surface area (TPSA) is 108 Å². The van der Waals surface area contributed by atoms with Gasteiger partial charge >= 0.3 is 0 Å². The number of nitrogens with zero attached hydrogens (tertiary/aromatic N) is 3. The molecular formula is C21H15N5O2. The molecule has 0 fully saturated rings. The molecule has 136 valence electrons. The van der Waals surface area contributed by atoms with Gasteiger partial charge in [-0.15, -0.1) is 5.10 Å². The van der Waals surface area contributed by atoms with Crippen molar-refractivity contribution in [1.82, 2.24) is 10.2 Å². The van der Waals surface area contributed by atoms with Crippen molar-refractivity contribution < 1.29 is 9.53 Å². The Hall–Kier alpha value is -4.05. The molecule has 0 radical (unpaired) electrons. The lowest BCUT2D eigenvalue weighted by molar-refractivity contribution is -0.120. The summed E-state index contributed by atoms with van der Waals surface area (Å²) in [5.41, 5.74) is 8.11. The average Bonchev–Trinajstić information content (AvgIpc) is 3.24.